The van der Waals surface area contributed by atoms with Crippen molar-refractivity contribution in [2.45, 2.75) is 31.3 Å². The van der Waals surface area contributed by atoms with Crippen LogP contribution in [0.25, 0.3) is 0 Å². The normalized spacial score (nSPS) is 21.2. The van der Waals surface area contributed by atoms with Gasteiger partial charge in [0.2, 0.25) is 0 Å². The molecule has 0 aromatic rings. The number of aliphatic carboxylic acids is 1. The van der Waals surface area contributed by atoms with Gasteiger partial charge in [0, 0.05) is 6.04 Å². The van der Waals surface area contributed by atoms with Crippen LogP contribution in [0.2, 0.25) is 0 Å². The fourth-order valence-corrected chi connectivity index (χ4v) is 1.50. The van der Waals surface area contributed by atoms with Crippen LogP contribution in [0, 0.1) is 0 Å². The molecule has 0 aliphatic heterocycles. The summed E-state index contributed by atoms with van der Waals surface area (Å²) in [6, 6.07) is -1.76. The summed E-state index contributed by atoms with van der Waals surface area (Å²) in [6.45, 7) is -0.618. The molecule has 16 heavy (non-hydrogen) atoms. The number of hydrogen-bond donors (Lipinski definition) is 4. The van der Waals surface area contributed by atoms with Crippen LogP contribution in [0.5, 0.6) is 0 Å². The number of carboxylic acids is 1. The predicted molar refractivity (Wildman–Crippen MR) is 57.0 cm³/mol. The molecule has 0 aromatic heterocycles. The lowest BCUT2D eigenvalue weighted by atomic mass is 10.0. The number of aliphatic hydroxyl groups is 1. The first-order chi connectivity index (χ1) is 7.63. The lowest BCUT2D eigenvalue weighted by Gasteiger charge is -2.20. The van der Waals surface area contributed by atoms with Gasteiger partial charge < -0.3 is 20.8 Å². The molecule has 0 saturated heterocycles. The van der Waals surface area contributed by atoms with Crippen LogP contribution in [0.1, 0.15) is 19.3 Å². The highest BCUT2D eigenvalue weighted by molar-refractivity contribution is 5.82. The zero-order chi connectivity index (χ0) is 12.0. The molecule has 6 heteroatoms. The van der Waals surface area contributed by atoms with E-state index in [0.717, 1.165) is 19.3 Å². The van der Waals surface area contributed by atoms with Crippen molar-refractivity contribution in [2.75, 3.05) is 6.61 Å². The van der Waals surface area contributed by atoms with Crippen molar-refractivity contribution in [1.82, 2.24) is 10.6 Å². The number of allylic oxidation sites excluding steroid dienone is 1. The minimum absolute atomic E-state index is 0.0399. The molecule has 1 rings (SSSR count). The Morgan fingerprint density at radius 3 is 2.69 bits per heavy atom. The summed E-state index contributed by atoms with van der Waals surface area (Å²) in [4.78, 5) is 21.9. The number of urea groups is 1. The maximum atomic E-state index is 11.4. The fraction of sp³-hybridized carbons (Fsp3) is 0.600. The van der Waals surface area contributed by atoms with Gasteiger partial charge in [-0.25, -0.2) is 9.59 Å². The number of aliphatic hydroxyl groups excluding tert-OH is 1. The zero-order valence-electron chi connectivity index (χ0n) is 8.85. The molecule has 6 nitrogen and oxygen atoms in total. The maximum absolute atomic E-state index is 11.4. The third kappa shape index (κ3) is 3.90. The van der Waals surface area contributed by atoms with Crippen molar-refractivity contribution in [2.24, 2.45) is 0 Å². The van der Waals surface area contributed by atoms with E-state index in [2.05, 4.69) is 10.6 Å². The Hall–Kier alpha value is -1.56. The van der Waals surface area contributed by atoms with Crippen molar-refractivity contribution in [3.05, 3.63) is 12.2 Å². The van der Waals surface area contributed by atoms with E-state index in [1.807, 2.05) is 12.2 Å². The topological polar surface area (TPSA) is 98.7 Å². The second-order valence-corrected chi connectivity index (χ2v) is 3.67. The molecular formula is C10H16N2O4. The van der Waals surface area contributed by atoms with Gasteiger partial charge in [-0.2, -0.15) is 0 Å². The molecule has 2 amide bonds. The Balaban J connectivity index is 2.34. The number of rotatable bonds is 4. The van der Waals surface area contributed by atoms with Crippen LogP contribution in [0.15, 0.2) is 12.2 Å². The van der Waals surface area contributed by atoms with Crippen LogP contribution < -0.4 is 10.6 Å². The van der Waals surface area contributed by atoms with Crippen molar-refractivity contribution < 1.29 is 19.8 Å². The van der Waals surface area contributed by atoms with Crippen molar-refractivity contribution in [3.8, 4) is 0 Å². The summed E-state index contributed by atoms with van der Waals surface area (Å²) in [5.74, 6) is -1.25. The highest BCUT2D eigenvalue weighted by atomic mass is 16.4. The molecular weight excluding hydrogens is 212 g/mol. The molecule has 0 bridgehead atoms. The molecule has 90 valence electrons. The summed E-state index contributed by atoms with van der Waals surface area (Å²) in [5.41, 5.74) is 0. The van der Waals surface area contributed by atoms with Gasteiger partial charge in [-0.15, -0.1) is 0 Å². The van der Waals surface area contributed by atoms with E-state index in [0.29, 0.717) is 0 Å². The molecule has 1 aliphatic carbocycles. The zero-order valence-corrected chi connectivity index (χ0v) is 8.85. The molecule has 1 aliphatic rings. The second-order valence-electron chi connectivity index (χ2n) is 3.67. The van der Waals surface area contributed by atoms with E-state index < -0.39 is 24.6 Å². The molecule has 0 saturated carbocycles. The van der Waals surface area contributed by atoms with Crippen LogP contribution in [-0.2, 0) is 4.79 Å². The van der Waals surface area contributed by atoms with Crippen LogP contribution in [0.4, 0.5) is 4.79 Å². The van der Waals surface area contributed by atoms with Gasteiger partial charge in [-0.05, 0) is 19.3 Å². The lowest BCUT2D eigenvalue weighted by molar-refractivity contribution is -0.140. The summed E-state index contributed by atoms with van der Waals surface area (Å²) >= 11 is 0. The predicted octanol–water partition coefficient (Wildman–Crippen LogP) is -0.160. The molecule has 0 radical (unpaired) electrons. The number of carbonyl (C=O) groups excluding carboxylic acids is 1. The second kappa shape index (κ2) is 6.12. The lowest BCUT2D eigenvalue weighted by Crippen LogP contribution is -2.50. The van der Waals surface area contributed by atoms with E-state index in [9.17, 15) is 9.59 Å². The summed E-state index contributed by atoms with van der Waals surface area (Å²) < 4.78 is 0. The third-order valence-electron chi connectivity index (χ3n) is 2.39. The van der Waals surface area contributed by atoms with Gasteiger partial charge in [0.1, 0.15) is 0 Å². The molecule has 1 unspecified atom stereocenters. The standard InChI is InChI=1S/C10H16N2O4/c13-6-8(9(14)15)12-10(16)11-7-4-2-1-3-5-7/h1-2,7-8,13H,3-6H2,(H,14,15)(H2,11,12,16)/t7?,8-/m1/s1. The van der Waals surface area contributed by atoms with E-state index in [1.165, 1.54) is 0 Å². The molecule has 0 heterocycles. The van der Waals surface area contributed by atoms with E-state index in [4.69, 9.17) is 10.2 Å². The molecule has 2 atom stereocenters. The minimum atomic E-state index is -1.25. The SMILES string of the molecule is O=C(NC1CC=CCC1)N[C@H](CO)C(=O)O. The number of nitrogens with one attached hydrogen (secondary N) is 2. The highest BCUT2D eigenvalue weighted by Gasteiger charge is 2.20. The average Bonchev–Trinajstić information content (AvgIpc) is 2.27. The average molecular weight is 228 g/mol. The Morgan fingerprint density at radius 2 is 2.19 bits per heavy atom. The van der Waals surface area contributed by atoms with Crippen molar-refractivity contribution in [1.29, 1.82) is 0 Å². The van der Waals surface area contributed by atoms with Crippen LogP contribution in [-0.4, -0.2) is 40.9 Å². The monoisotopic (exact) mass is 228 g/mol. The minimum Gasteiger partial charge on any atom is -0.480 e. The molecule has 0 fully saturated rings. The van der Waals surface area contributed by atoms with Gasteiger partial charge in [0.25, 0.3) is 0 Å². The van der Waals surface area contributed by atoms with Crippen molar-refractivity contribution >= 4 is 12.0 Å². The Labute approximate surface area is 93.3 Å². The largest absolute Gasteiger partial charge is 0.480 e. The quantitative estimate of drug-likeness (QED) is 0.502. The van der Waals surface area contributed by atoms with E-state index >= 15 is 0 Å². The summed E-state index contributed by atoms with van der Waals surface area (Å²) in [7, 11) is 0. The Bertz CT molecular complexity index is 291. The van der Waals surface area contributed by atoms with Gasteiger partial charge >= 0.3 is 12.0 Å². The van der Waals surface area contributed by atoms with E-state index in [-0.39, 0.29) is 6.04 Å². The third-order valence-corrected chi connectivity index (χ3v) is 2.39. The number of hydrogen-bond acceptors (Lipinski definition) is 3. The van der Waals surface area contributed by atoms with Crippen molar-refractivity contribution in [3.63, 3.8) is 0 Å². The molecule has 4 N–H and O–H groups in total. The first-order valence-electron chi connectivity index (χ1n) is 5.19. The summed E-state index contributed by atoms with van der Waals surface area (Å²) in [5, 5.41) is 22.2. The smallest absolute Gasteiger partial charge is 0.328 e. The Morgan fingerprint density at radius 1 is 1.44 bits per heavy atom. The number of amides is 2. The fourth-order valence-electron chi connectivity index (χ4n) is 1.50. The van der Waals surface area contributed by atoms with Gasteiger partial charge in [-0.3, -0.25) is 0 Å². The van der Waals surface area contributed by atoms with Crippen LogP contribution >= 0.6 is 0 Å². The summed E-state index contributed by atoms with van der Waals surface area (Å²) in [6.07, 6.45) is 6.54. The van der Waals surface area contributed by atoms with Crippen LogP contribution in [0.3, 0.4) is 0 Å². The Kier molecular flexibility index (Phi) is 4.78. The number of carbonyl (C=O) groups is 2. The first-order valence-corrected chi connectivity index (χ1v) is 5.19. The molecule has 0 spiro atoms. The highest BCUT2D eigenvalue weighted by Crippen LogP contribution is 2.09. The molecule has 0 aromatic carbocycles. The number of carboxylic acid groups (broad SMARTS) is 1. The van der Waals surface area contributed by atoms with Gasteiger partial charge in [0.15, 0.2) is 6.04 Å². The van der Waals surface area contributed by atoms with E-state index in [1.54, 1.807) is 0 Å². The van der Waals surface area contributed by atoms with Gasteiger partial charge in [0.05, 0.1) is 6.61 Å². The first kappa shape index (κ1) is 12.5. The van der Waals surface area contributed by atoms with Gasteiger partial charge in [-0.1, -0.05) is 12.2 Å². The maximum Gasteiger partial charge on any atom is 0.328 e.